The zero-order valence-electron chi connectivity index (χ0n) is 18.0. The molecular weight excluding hydrogens is 402 g/mol. The molecule has 0 unspecified atom stereocenters. The Kier molecular flexibility index (Phi) is 5.09. The standard InChI is InChI=1S/C25H25N5O2/c1-2-18-8-11-30-16-21(28-22(30)14-18)25(19-6-4-3-5-7-19)9-12-29(13-10-25)24(32)20-15-26-17-27-23(20)31/h3-8,11,14-17H,2,9-10,12-13H2,1H3,(H,26,27,31). The zero-order chi connectivity index (χ0) is 22.1. The van der Waals surface area contributed by atoms with Crippen LogP contribution in [0, 0.1) is 0 Å². The van der Waals surface area contributed by atoms with Gasteiger partial charge in [-0.25, -0.2) is 9.97 Å². The van der Waals surface area contributed by atoms with E-state index in [9.17, 15) is 9.59 Å². The van der Waals surface area contributed by atoms with Crippen molar-refractivity contribution < 1.29 is 4.79 Å². The number of aromatic nitrogens is 4. The van der Waals surface area contributed by atoms with Crippen molar-refractivity contribution in [3.63, 3.8) is 0 Å². The molecule has 1 aliphatic heterocycles. The van der Waals surface area contributed by atoms with Gasteiger partial charge in [0.2, 0.25) is 0 Å². The zero-order valence-corrected chi connectivity index (χ0v) is 18.0. The van der Waals surface area contributed by atoms with Crippen molar-refractivity contribution in [1.29, 1.82) is 0 Å². The lowest BCUT2D eigenvalue weighted by atomic mass is 9.70. The molecule has 32 heavy (non-hydrogen) atoms. The van der Waals surface area contributed by atoms with Crippen molar-refractivity contribution in [3.05, 3.63) is 100 Å². The summed E-state index contributed by atoms with van der Waals surface area (Å²) in [6.07, 6.45) is 9.24. The number of hydrogen-bond acceptors (Lipinski definition) is 4. The van der Waals surface area contributed by atoms with Gasteiger partial charge < -0.3 is 14.3 Å². The van der Waals surface area contributed by atoms with Gasteiger partial charge in [0, 0.05) is 37.1 Å². The lowest BCUT2D eigenvalue weighted by Gasteiger charge is -2.41. The summed E-state index contributed by atoms with van der Waals surface area (Å²) in [5.41, 5.74) is 3.79. The molecule has 0 spiro atoms. The number of fused-ring (bicyclic) bond motifs is 1. The first kappa shape index (κ1) is 20.2. The number of pyridine rings is 1. The number of aryl methyl sites for hydroxylation is 1. The van der Waals surface area contributed by atoms with Crippen molar-refractivity contribution in [2.75, 3.05) is 13.1 Å². The number of imidazole rings is 1. The van der Waals surface area contributed by atoms with Crippen LogP contribution in [0.25, 0.3) is 5.65 Å². The Hall–Kier alpha value is -3.74. The number of nitrogens with one attached hydrogen (secondary N) is 1. The highest BCUT2D eigenvalue weighted by molar-refractivity contribution is 5.93. The predicted octanol–water partition coefficient (Wildman–Crippen LogP) is 3.20. The summed E-state index contributed by atoms with van der Waals surface area (Å²) < 4.78 is 2.08. The van der Waals surface area contributed by atoms with Crippen LogP contribution >= 0.6 is 0 Å². The molecule has 0 bridgehead atoms. The van der Waals surface area contributed by atoms with Crippen molar-refractivity contribution in [2.24, 2.45) is 0 Å². The number of hydrogen-bond donors (Lipinski definition) is 1. The van der Waals surface area contributed by atoms with Gasteiger partial charge in [0.05, 0.1) is 12.0 Å². The van der Waals surface area contributed by atoms with Gasteiger partial charge in [-0.3, -0.25) is 9.59 Å². The second-order valence-electron chi connectivity index (χ2n) is 8.31. The number of benzene rings is 1. The minimum atomic E-state index is -0.406. The molecule has 1 saturated heterocycles. The fourth-order valence-corrected chi connectivity index (χ4v) is 4.68. The van der Waals surface area contributed by atoms with E-state index in [-0.39, 0.29) is 16.9 Å². The first-order chi connectivity index (χ1) is 15.6. The van der Waals surface area contributed by atoms with E-state index in [2.05, 4.69) is 70.1 Å². The molecule has 4 aromatic rings. The summed E-state index contributed by atoms with van der Waals surface area (Å²) in [4.78, 5) is 38.2. The Balaban J connectivity index is 1.51. The van der Waals surface area contributed by atoms with E-state index in [4.69, 9.17) is 4.98 Å². The van der Waals surface area contributed by atoms with Gasteiger partial charge in [-0.1, -0.05) is 37.3 Å². The van der Waals surface area contributed by atoms with Crippen LogP contribution in [0.5, 0.6) is 0 Å². The van der Waals surface area contributed by atoms with Gasteiger partial charge in [-0.2, -0.15) is 0 Å². The Morgan fingerprint density at radius 2 is 1.94 bits per heavy atom. The van der Waals surface area contributed by atoms with Crippen molar-refractivity contribution in [3.8, 4) is 0 Å². The van der Waals surface area contributed by atoms with E-state index in [1.807, 2.05) is 6.07 Å². The van der Waals surface area contributed by atoms with Crippen LogP contribution in [-0.4, -0.2) is 43.2 Å². The smallest absolute Gasteiger partial charge is 0.263 e. The Morgan fingerprint density at radius 3 is 2.66 bits per heavy atom. The van der Waals surface area contributed by atoms with Gasteiger partial charge in [-0.05, 0) is 42.5 Å². The van der Waals surface area contributed by atoms with E-state index in [1.54, 1.807) is 4.90 Å². The van der Waals surface area contributed by atoms with Gasteiger partial charge >= 0.3 is 0 Å². The Bertz CT molecular complexity index is 1320. The van der Waals surface area contributed by atoms with Gasteiger partial charge in [0.25, 0.3) is 11.5 Å². The molecule has 1 amide bonds. The Labute approximate surface area is 185 Å². The third kappa shape index (κ3) is 3.39. The largest absolute Gasteiger partial charge is 0.338 e. The average Bonchev–Trinajstić information content (AvgIpc) is 3.28. The van der Waals surface area contributed by atoms with Gasteiger partial charge in [0.15, 0.2) is 0 Å². The highest BCUT2D eigenvalue weighted by atomic mass is 16.2. The quantitative estimate of drug-likeness (QED) is 0.542. The highest BCUT2D eigenvalue weighted by Gasteiger charge is 2.41. The van der Waals surface area contributed by atoms with Gasteiger partial charge in [-0.15, -0.1) is 0 Å². The third-order valence-corrected chi connectivity index (χ3v) is 6.60. The summed E-state index contributed by atoms with van der Waals surface area (Å²) >= 11 is 0. The van der Waals surface area contributed by atoms with E-state index in [1.165, 1.54) is 23.7 Å². The van der Waals surface area contributed by atoms with Crippen LogP contribution in [-0.2, 0) is 11.8 Å². The van der Waals surface area contributed by atoms with E-state index >= 15 is 0 Å². The number of piperidine rings is 1. The minimum absolute atomic E-state index is 0.0829. The molecule has 1 N–H and O–H groups in total. The second kappa shape index (κ2) is 8.07. The molecule has 5 rings (SSSR count). The molecule has 7 nitrogen and oxygen atoms in total. The van der Waals surface area contributed by atoms with Crippen LogP contribution < -0.4 is 5.56 Å². The second-order valence-corrected chi connectivity index (χ2v) is 8.31. The summed E-state index contributed by atoms with van der Waals surface area (Å²) in [6.45, 7) is 3.22. The number of carbonyl (C=O) groups is 1. The number of nitrogens with zero attached hydrogens (tertiary/aromatic N) is 4. The molecule has 4 heterocycles. The number of likely N-dealkylation sites (tertiary alicyclic amines) is 1. The van der Waals surface area contributed by atoms with Crippen LogP contribution in [0.15, 0.2) is 72.2 Å². The number of rotatable bonds is 4. The summed E-state index contributed by atoms with van der Waals surface area (Å²) in [7, 11) is 0. The molecule has 0 atom stereocenters. The fraction of sp³-hybridized carbons (Fsp3) is 0.280. The summed E-state index contributed by atoms with van der Waals surface area (Å²) in [5, 5.41) is 0. The molecule has 7 heteroatoms. The van der Waals surface area contributed by atoms with Gasteiger partial charge in [0.1, 0.15) is 11.2 Å². The van der Waals surface area contributed by atoms with E-state index in [0.29, 0.717) is 13.1 Å². The first-order valence-corrected chi connectivity index (χ1v) is 11.0. The highest BCUT2D eigenvalue weighted by Crippen LogP contribution is 2.41. The van der Waals surface area contributed by atoms with Crippen LogP contribution in [0.2, 0.25) is 0 Å². The average molecular weight is 428 g/mol. The third-order valence-electron chi connectivity index (χ3n) is 6.60. The monoisotopic (exact) mass is 427 g/mol. The molecule has 3 aromatic heterocycles. The Morgan fingerprint density at radius 1 is 1.16 bits per heavy atom. The number of aromatic amines is 1. The molecule has 1 fully saturated rings. The van der Waals surface area contributed by atoms with Crippen molar-refractivity contribution in [2.45, 2.75) is 31.6 Å². The molecule has 1 aromatic carbocycles. The fourth-order valence-electron chi connectivity index (χ4n) is 4.68. The summed E-state index contributed by atoms with van der Waals surface area (Å²) in [5.74, 6) is -0.274. The minimum Gasteiger partial charge on any atom is -0.338 e. The number of amides is 1. The maximum Gasteiger partial charge on any atom is 0.263 e. The number of carbonyl (C=O) groups excluding carboxylic acids is 1. The molecule has 162 valence electrons. The molecular formula is C25H25N5O2. The molecule has 0 saturated carbocycles. The van der Waals surface area contributed by atoms with E-state index < -0.39 is 5.56 Å². The lowest BCUT2D eigenvalue weighted by molar-refractivity contribution is 0.0681. The number of H-pyrrole nitrogens is 1. The molecule has 0 radical (unpaired) electrons. The van der Waals surface area contributed by atoms with Crippen molar-refractivity contribution in [1.82, 2.24) is 24.3 Å². The molecule has 1 aliphatic rings. The maximum absolute atomic E-state index is 13.0. The van der Waals surface area contributed by atoms with Crippen LogP contribution in [0.4, 0.5) is 0 Å². The van der Waals surface area contributed by atoms with Crippen LogP contribution in [0.1, 0.15) is 46.9 Å². The molecule has 0 aliphatic carbocycles. The topological polar surface area (TPSA) is 83.4 Å². The first-order valence-electron chi connectivity index (χ1n) is 11.0. The predicted molar refractivity (Wildman–Crippen MR) is 122 cm³/mol. The normalized spacial score (nSPS) is 15.7. The van der Waals surface area contributed by atoms with Crippen LogP contribution in [0.3, 0.4) is 0 Å². The summed E-state index contributed by atoms with van der Waals surface area (Å²) in [6, 6.07) is 14.7. The van der Waals surface area contributed by atoms with Crippen molar-refractivity contribution >= 4 is 11.6 Å². The SMILES string of the molecule is CCc1ccn2cc(C3(c4ccccc4)CCN(C(=O)c4cnc[nH]c4=O)CC3)nc2c1. The lowest BCUT2D eigenvalue weighted by Crippen LogP contribution is -2.47. The maximum atomic E-state index is 13.0. The van der Waals surface area contributed by atoms with E-state index in [0.717, 1.165) is 30.6 Å².